The molecule has 0 atom stereocenters. The van der Waals surface area contributed by atoms with Gasteiger partial charge in [-0.25, -0.2) is 0 Å². The molecule has 0 aliphatic heterocycles. The lowest BCUT2D eigenvalue weighted by Crippen LogP contribution is -2.12. The molecule has 2 N–H and O–H groups in total. The van der Waals surface area contributed by atoms with Crippen LogP contribution in [0.5, 0.6) is 5.75 Å². The molecule has 0 spiro atoms. The number of thioether (sulfide) groups is 1. The Hall–Kier alpha value is -2.92. The molecule has 5 heteroatoms. The molecule has 0 aromatic heterocycles. The number of ether oxygens (including phenoxy) is 1. The summed E-state index contributed by atoms with van der Waals surface area (Å²) < 4.78 is 5.86. The average Bonchev–Trinajstić information content (AvgIpc) is 2.78. The molecule has 156 valence electrons. The van der Waals surface area contributed by atoms with Crippen LogP contribution in [0.3, 0.4) is 0 Å². The molecule has 0 saturated carbocycles. The largest absolute Gasteiger partial charge is 0.494 e. The lowest BCUT2D eigenvalue weighted by atomic mass is 10.1. The molecule has 3 rings (SSSR count). The van der Waals surface area contributed by atoms with Gasteiger partial charge in [0.2, 0.25) is 0 Å². The first kappa shape index (κ1) is 21.8. The number of carbonyl (C=O) groups is 1. The number of aryl methyl sites for hydroxylation is 1. The van der Waals surface area contributed by atoms with Gasteiger partial charge in [-0.3, -0.25) is 4.79 Å². The normalized spacial score (nSPS) is 10.5. The van der Waals surface area contributed by atoms with Crippen LogP contribution in [0.25, 0.3) is 0 Å². The molecule has 0 amide bonds. The second-order valence-electron chi connectivity index (χ2n) is 6.97. The molecule has 3 aromatic rings. The Balaban J connectivity index is 1.40. The summed E-state index contributed by atoms with van der Waals surface area (Å²) in [7, 11) is 0. The van der Waals surface area contributed by atoms with Crippen molar-refractivity contribution >= 4 is 23.4 Å². The van der Waals surface area contributed by atoms with Gasteiger partial charge in [0.25, 0.3) is 0 Å². The number of benzene rings is 3. The lowest BCUT2D eigenvalue weighted by molar-refractivity contribution is -0.134. The molecule has 0 radical (unpaired) electrons. The van der Waals surface area contributed by atoms with E-state index in [0.717, 1.165) is 48.0 Å². The third kappa shape index (κ3) is 7.48. The molecule has 0 aliphatic carbocycles. The number of aliphatic carboxylic acids is 1. The van der Waals surface area contributed by atoms with Crippen molar-refractivity contribution in [1.82, 2.24) is 0 Å². The quantitative estimate of drug-likeness (QED) is 0.283. The predicted octanol–water partition coefficient (Wildman–Crippen LogP) is 5.88. The highest BCUT2D eigenvalue weighted by Crippen LogP contribution is 2.30. The molecule has 0 fully saturated rings. The minimum atomic E-state index is -0.870. The molecular weight excluding hydrogens is 394 g/mol. The van der Waals surface area contributed by atoms with Crippen molar-refractivity contribution in [2.45, 2.75) is 29.9 Å². The molecule has 0 aliphatic rings. The summed E-state index contributed by atoms with van der Waals surface area (Å²) in [6.07, 6.45) is 3.24. The van der Waals surface area contributed by atoms with E-state index in [4.69, 9.17) is 9.84 Å². The fourth-order valence-corrected chi connectivity index (χ4v) is 4.00. The van der Waals surface area contributed by atoms with Crippen molar-refractivity contribution in [2.24, 2.45) is 0 Å². The summed E-state index contributed by atoms with van der Waals surface area (Å²) in [5.74, 6) is 0.834. The van der Waals surface area contributed by atoms with Gasteiger partial charge in [0.05, 0.1) is 6.61 Å². The van der Waals surface area contributed by atoms with Crippen molar-refractivity contribution in [3.8, 4) is 5.75 Å². The molecule has 4 nitrogen and oxygen atoms in total. The van der Waals surface area contributed by atoms with E-state index in [2.05, 4.69) is 41.7 Å². The van der Waals surface area contributed by atoms with Crippen molar-refractivity contribution in [3.05, 3.63) is 90.0 Å². The lowest BCUT2D eigenvalue weighted by Gasteiger charge is -2.11. The minimum Gasteiger partial charge on any atom is -0.494 e. The Bertz CT molecular complexity index is 913. The summed E-state index contributed by atoms with van der Waals surface area (Å²) >= 11 is 1.68. The third-order valence-corrected chi connectivity index (χ3v) is 5.75. The number of para-hydroxylation sites is 1. The monoisotopic (exact) mass is 421 g/mol. The number of rotatable bonds is 12. The van der Waals surface area contributed by atoms with E-state index in [1.54, 1.807) is 11.8 Å². The second-order valence-corrected chi connectivity index (χ2v) is 7.98. The maximum Gasteiger partial charge on any atom is 0.322 e. The van der Waals surface area contributed by atoms with Crippen LogP contribution < -0.4 is 10.1 Å². The first-order valence-electron chi connectivity index (χ1n) is 10.1. The highest BCUT2D eigenvalue weighted by molar-refractivity contribution is 7.98. The van der Waals surface area contributed by atoms with Gasteiger partial charge in [0.15, 0.2) is 0 Å². The van der Waals surface area contributed by atoms with E-state index >= 15 is 0 Å². The van der Waals surface area contributed by atoms with Gasteiger partial charge < -0.3 is 15.2 Å². The van der Waals surface area contributed by atoms with Gasteiger partial charge in [-0.15, -0.1) is 11.8 Å². The van der Waals surface area contributed by atoms with Crippen LogP contribution >= 0.6 is 11.8 Å². The smallest absolute Gasteiger partial charge is 0.322 e. The van der Waals surface area contributed by atoms with Gasteiger partial charge in [-0.05, 0) is 54.7 Å². The summed E-state index contributed by atoms with van der Waals surface area (Å²) in [5, 5.41) is 11.8. The molecule has 0 bridgehead atoms. The third-order valence-electron chi connectivity index (χ3n) is 4.61. The van der Waals surface area contributed by atoms with E-state index < -0.39 is 5.97 Å². The minimum absolute atomic E-state index is 0.0883. The van der Waals surface area contributed by atoms with Gasteiger partial charge in [-0.1, -0.05) is 54.6 Å². The van der Waals surface area contributed by atoms with Gasteiger partial charge in [0.1, 0.15) is 12.3 Å². The van der Waals surface area contributed by atoms with Crippen LogP contribution in [0, 0.1) is 0 Å². The standard InChI is InChI=1S/C25H27NO3S/c27-25(28)18-26-23-11-4-5-12-24(23)30-19-21-13-15-22(16-14-21)29-17-7-6-10-20-8-2-1-3-9-20/h1-5,8-9,11-16,26H,6-7,10,17-19H2,(H,27,28). The fraction of sp³-hybridized carbons (Fsp3) is 0.240. The highest BCUT2D eigenvalue weighted by atomic mass is 32.2. The van der Waals surface area contributed by atoms with Crippen LogP contribution in [0.4, 0.5) is 5.69 Å². The van der Waals surface area contributed by atoms with Crippen LogP contribution in [-0.2, 0) is 17.0 Å². The fourth-order valence-electron chi connectivity index (χ4n) is 3.02. The predicted molar refractivity (Wildman–Crippen MR) is 123 cm³/mol. The highest BCUT2D eigenvalue weighted by Gasteiger charge is 2.05. The van der Waals surface area contributed by atoms with Crippen molar-refractivity contribution in [1.29, 1.82) is 0 Å². The average molecular weight is 422 g/mol. The van der Waals surface area contributed by atoms with Crippen LogP contribution in [-0.4, -0.2) is 24.2 Å². The Morgan fingerprint density at radius 1 is 0.867 bits per heavy atom. The number of hydrogen-bond donors (Lipinski definition) is 2. The number of carboxylic acid groups (broad SMARTS) is 1. The Labute approximate surface area is 182 Å². The van der Waals surface area contributed by atoms with E-state index in [-0.39, 0.29) is 6.54 Å². The number of unbranched alkanes of at least 4 members (excludes halogenated alkanes) is 1. The van der Waals surface area contributed by atoms with Crippen LogP contribution in [0.1, 0.15) is 24.0 Å². The van der Waals surface area contributed by atoms with E-state index in [9.17, 15) is 4.79 Å². The number of carboxylic acids is 1. The molecular formula is C25H27NO3S. The first-order valence-corrected chi connectivity index (χ1v) is 11.1. The molecule has 0 heterocycles. The zero-order valence-electron chi connectivity index (χ0n) is 16.9. The van der Waals surface area contributed by atoms with Gasteiger partial charge in [-0.2, -0.15) is 0 Å². The summed E-state index contributed by atoms with van der Waals surface area (Å²) in [4.78, 5) is 11.8. The molecule has 30 heavy (non-hydrogen) atoms. The first-order chi connectivity index (χ1) is 14.7. The maximum atomic E-state index is 10.8. The zero-order chi connectivity index (χ0) is 21.0. The molecule has 0 unspecified atom stereocenters. The van der Waals surface area contributed by atoms with Crippen molar-refractivity contribution < 1.29 is 14.6 Å². The van der Waals surface area contributed by atoms with E-state index in [1.165, 1.54) is 11.1 Å². The number of nitrogens with one attached hydrogen (secondary N) is 1. The summed E-state index contributed by atoms with van der Waals surface area (Å²) in [6.45, 7) is 0.637. The summed E-state index contributed by atoms with van der Waals surface area (Å²) in [5.41, 5.74) is 3.42. The Morgan fingerprint density at radius 2 is 1.60 bits per heavy atom. The van der Waals surface area contributed by atoms with Crippen molar-refractivity contribution in [2.75, 3.05) is 18.5 Å². The maximum absolute atomic E-state index is 10.8. The van der Waals surface area contributed by atoms with Crippen molar-refractivity contribution in [3.63, 3.8) is 0 Å². The number of anilines is 1. The van der Waals surface area contributed by atoms with Gasteiger partial charge in [0, 0.05) is 16.3 Å². The second kappa shape index (κ2) is 11.9. The Kier molecular flexibility index (Phi) is 8.66. The van der Waals surface area contributed by atoms with Crippen LogP contribution in [0.15, 0.2) is 83.8 Å². The van der Waals surface area contributed by atoms with Gasteiger partial charge >= 0.3 is 5.97 Å². The molecule has 3 aromatic carbocycles. The number of hydrogen-bond acceptors (Lipinski definition) is 4. The SMILES string of the molecule is O=C(O)CNc1ccccc1SCc1ccc(OCCCCc2ccccc2)cc1. The topological polar surface area (TPSA) is 58.6 Å². The zero-order valence-corrected chi connectivity index (χ0v) is 17.7. The van der Waals surface area contributed by atoms with E-state index in [0.29, 0.717) is 0 Å². The van der Waals surface area contributed by atoms with E-state index in [1.807, 2.05) is 42.5 Å². The summed E-state index contributed by atoms with van der Waals surface area (Å²) in [6, 6.07) is 26.5. The molecule has 0 saturated heterocycles. The van der Waals surface area contributed by atoms with Crippen LogP contribution in [0.2, 0.25) is 0 Å². The Morgan fingerprint density at radius 3 is 2.37 bits per heavy atom.